The second-order valence-electron chi connectivity index (χ2n) is 4.67. The van der Waals surface area contributed by atoms with Gasteiger partial charge in [0.1, 0.15) is 0 Å². The number of rotatable bonds is 5. The summed E-state index contributed by atoms with van der Waals surface area (Å²) in [7, 11) is -3.05. The maximum atomic E-state index is 12.2. The molecule has 0 aromatic rings. The van der Waals surface area contributed by atoms with Crippen molar-refractivity contribution in [3.63, 3.8) is 0 Å². The van der Waals surface area contributed by atoms with Gasteiger partial charge in [0.05, 0.1) is 5.75 Å². The lowest BCUT2D eigenvalue weighted by Gasteiger charge is -2.32. The van der Waals surface area contributed by atoms with E-state index in [0.29, 0.717) is 24.8 Å². The maximum absolute atomic E-state index is 12.2. The molecule has 1 heterocycles. The highest BCUT2D eigenvalue weighted by Crippen LogP contribution is 2.15. The van der Waals surface area contributed by atoms with Crippen LogP contribution in [0.5, 0.6) is 0 Å². The van der Waals surface area contributed by atoms with Crippen LogP contribution in [0.15, 0.2) is 0 Å². The third-order valence-electron chi connectivity index (χ3n) is 3.33. The van der Waals surface area contributed by atoms with Crippen molar-refractivity contribution in [1.29, 1.82) is 0 Å². The minimum absolute atomic E-state index is 0.269. The first-order chi connectivity index (χ1) is 7.49. The molecule has 1 N–H and O–H groups in total. The van der Waals surface area contributed by atoms with E-state index in [1.165, 1.54) is 0 Å². The summed E-state index contributed by atoms with van der Waals surface area (Å²) in [5.74, 6) is 0.613. The molecule has 1 saturated heterocycles. The van der Waals surface area contributed by atoms with E-state index < -0.39 is 10.0 Å². The summed E-state index contributed by atoms with van der Waals surface area (Å²) in [5, 5.41) is 3.26. The molecule has 0 bridgehead atoms. The number of sulfonamides is 1. The van der Waals surface area contributed by atoms with Crippen LogP contribution in [0.25, 0.3) is 0 Å². The third kappa shape index (κ3) is 3.71. The van der Waals surface area contributed by atoms with Gasteiger partial charge in [-0.3, -0.25) is 0 Å². The quantitative estimate of drug-likeness (QED) is 0.791. The van der Waals surface area contributed by atoms with Gasteiger partial charge in [0.2, 0.25) is 10.0 Å². The molecule has 1 atom stereocenters. The number of piperazine rings is 1. The lowest BCUT2D eigenvalue weighted by Crippen LogP contribution is -2.52. The SMILES string of the molecule is CCC(CC)CS(=O)(=O)N1CCNC(C)C1. The van der Waals surface area contributed by atoms with Gasteiger partial charge in [0, 0.05) is 25.7 Å². The molecule has 0 radical (unpaired) electrons. The van der Waals surface area contributed by atoms with E-state index in [0.717, 1.165) is 19.4 Å². The Hall–Kier alpha value is -0.130. The predicted octanol–water partition coefficient (Wildman–Crippen LogP) is 1.05. The predicted molar refractivity (Wildman–Crippen MR) is 66.9 cm³/mol. The van der Waals surface area contributed by atoms with Crippen molar-refractivity contribution >= 4 is 10.0 Å². The van der Waals surface area contributed by atoms with Gasteiger partial charge < -0.3 is 5.32 Å². The lowest BCUT2D eigenvalue weighted by molar-refractivity contribution is 0.307. The van der Waals surface area contributed by atoms with Gasteiger partial charge in [-0.15, -0.1) is 0 Å². The van der Waals surface area contributed by atoms with Crippen LogP contribution in [0.1, 0.15) is 33.6 Å². The molecular formula is C11H24N2O2S. The van der Waals surface area contributed by atoms with Crippen molar-refractivity contribution in [2.75, 3.05) is 25.4 Å². The molecule has 1 aliphatic rings. The molecule has 4 nitrogen and oxygen atoms in total. The highest BCUT2D eigenvalue weighted by atomic mass is 32.2. The first-order valence-corrected chi connectivity index (χ1v) is 7.81. The topological polar surface area (TPSA) is 49.4 Å². The van der Waals surface area contributed by atoms with Gasteiger partial charge in [-0.1, -0.05) is 26.7 Å². The van der Waals surface area contributed by atoms with Crippen molar-refractivity contribution in [3.05, 3.63) is 0 Å². The second-order valence-corrected chi connectivity index (χ2v) is 6.69. The zero-order chi connectivity index (χ0) is 12.2. The molecule has 1 aliphatic heterocycles. The fourth-order valence-corrected chi connectivity index (χ4v) is 4.18. The van der Waals surface area contributed by atoms with Gasteiger partial charge in [-0.05, 0) is 12.8 Å². The molecule has 96 valence electrons. The molecule has 0 spiro atoms. The highest BCUT2D eigenvalue weighted by Gasteiger charge is 2.28. The van der Waals surface area contributed by atoms with Crippen LogP contribution in [-0.4, -0.2) is 44.2 Å². The summed E-state index contributed by atoms with van der Waals surface area (Å²) in [6.07, 6.45) is 1.88. The van der Waals surface area contributed by atoms with Gasteiger partial charge in [0.15, 0.2) is 0 Å². The van der Waals surface area contributed by atoms with Gasteiger partial charge in [0.25, 0.3) is 0 Å². The molecule has 0 amide bonds. The van der Waals surface area contributed by atoms with Crippen molar-refractivity contribution in [3.8, 4) is 0 Å². The van der Waals surface area contributed by atoms with Gasteiger partial charge >= 0.3 is 0 Å². The van der Waals surface area contributed by atoms with Crippen molar-refractivity contribution in [2.24, 2.45) is 5.92 Å². The Morgan fingerprint density at radius 1 is 1.38 bits per heavy atom. The standard InChI is InChI=1S/C11H24N2O2S/c1-4-11(5-2)9-16(14,15)13-7-6-12-10(3)8-13/h10-12H,4-9H2,1-3H3. The molecule has 1 unspecified atom stereocenters. The van der Waals surface area contributed by atoms with Gasteiger partial charge in [-0.2, -0.15) is 4.31 Å². The molecule has 0 aromatic heterocycles. The van der Waals surface area contributed by atoms with Crippen molar-refractivity contribution < 1.29 is 8.42 Å². The monoisotopic (exact) mass is 248 g/mol. The van der Waals surface area contributed by atoms with Crippen LogP contribution >= 0.6 is 0 Å². The van der Waals surface area contributed by atoms with E-state index in [2.05, 4.69) is 19.2 Å². The average molecular weight is 248 g/mol. The Balaban J connectivity index is 2.62. The zero-order valence-corrected chi connectivity index (χ0v) is 11.4. The van der Waals surface area contributed by atoms with E-state index >= 15 is 0 Å². The number of hydrogen-bond donors (Lipinski definition) is 1. The molecule has 0 aliphatic carbocycles. The lowest BCUT2D eigenvalue weighted by atomic mass is 10.1. The number of nitrogens with zero attached hydrogens (tertiary/aromatic N) is 1. The molecule has 0 saturated carbocycles. The first kappa shape index (κ1) is 13.9. The molecule has 5 heteroatoms. The van der Waals surface area contributed by atoms with E-state index in [1.54, 1.807) is 4.31 Å². The van der Waals surface area contributed by atoms with E-state index in [9.17, 15) is 8.42 Å². The molecule has 1 rings (SSSR count). The Morgan fingerprint density at radius 2 is 2.00 bits per heavy atom. The summed E-state index contributed by atoms with van der Waals surface area (Å²) < 4.78 is 26.0. The number of hydrogen-bond acceptors (Lipinski definition) is 3. The first-order valence-electron chi connectivity index (χ1n) is 6.20. The minimum atomic E-state index is -3.05. The summed E-state index contributed by atoms with van der Waals surface area (Å²) in [4.78, 5) is 0. The van der Waals surface area contributed by atoms with Crippen LogP contribution in [0.2, 0.25) is 0 Å². The Kier molecular flexibility index (Phi) is 5.21. The van der Waals surface area contributed by atoms with Crippen LogP contribution < -0.4 is 5.32 Å². The molecular weight excluding hydrogens is 224 g/mol. The second kappa shape index (κ2) is 5.98. The Labute approximate surface area is 99.5 Å². The van der Waals surface area contributed by atoms with E-state index in [1.807, 2.05) is 6.92 Å². The normalized spacial score (nSPS) is 23.9. The zero-order valence-electron chi connectivity index (χ0n) is 10.6. The van der Waals surface area contributed by atoms with Crippen molar-refractivity contribution in [1.82, 2.24) is 9.62 Å². The van der Waals surface area contributed by atoms with Crippen LogP contribution in [-0.2, 0) is 10.0 Å². The number of nitrogens with one attached hydrogen (secondary N) is 1. The fraction of sp³-hybridized carbons (Fsp3) is 1.00. The van der Waals surface area contributed by atoms with Crippen LogP contribution in [0, 0.1) is 5.92 Å². The highest BCUT2D eigenvalue weighted by molar-refractivity contribution is 7.89. The van der Waals surface area contributed by atoms with Crippen molar-refractivity contribution in [2.45, 2.75) is 39.7 Å². The maximum Gasteiger partial charge on any atom is 0.214 e. The van der Waals surface area contributed by atoms with Crippen LogP contribution in [0.4, 0.5) is 0 Å². The van der Waals surface area contributed by atoms with E-state index in [4.69, 9.17) is 0 Å². The minimum Gasteiger partial charge on any atom is -0.312 e. The molecule has 1 fully saturated rings. The Bertz CT molecular complexity index is 299. The fourth-order valence-electron chi connectivity index (χ4n) is 2.08. The third-order valence-corrected chi connectivity index (χ3v) is 5.34. The largest absolute Gasteiger partial charge is 0.312 e. The summed E-state index contributed by atoms with van der Waals surface area (Å²) >= 11 is 0. The summed E-state index contributed by atoms with van der Waals surface area (Å²) in [5.41, 5.74) is 0. The Morgan fingerprint density at radius 3 is 2.50 bits per heavy atom. The molecule has 0 aromatic carbocycles. The van der Waals surface area contributed by atoms with Gasteiger partial charge in [-0.25, -0.2) is 8.42 Å². The summed E-state index contributed by atoms with van der Waals surface area (Å²) in [6, 6.07) is 0.269. The average Bonchev–Trinajstić information content (AvgIpc) is 2.26. The van der Waals surface area contributed by atoms with Crippen LogP contribution in [0.3, 0.4) is 0 Å². The molecule has 16 heavy (non-hydrogen) atoms. The smallest absolute Gasteiger partial charge is 0.214 e. The summed E-state index contributed by atoms with van der Waals surface area (Å²) in [6.45, 7) is 8.14. The van der Waals surface area contributed by atoms with E-state index in [-0.39, 0.29) is 6.04 Å².